The van der Waals surface area contributed by atoms with Gasteiger partial charge in [0.15, 0.2) is 0 Å². The zero-order valence-corrected chi connectivity index (χ0v) is 10.5. The highest BCUT2D eigenvalue weighted by Crippen LogP contribution is 2.06. The first kappa shape index (κ1) is 12.8. The Kier molecular flexibility index (Phi) is 3.94. The molecule has 2 heterocycles. The van der Waals surface area contributed by atoms with Crippen LogP contribution in [0.2, 0.25) is 0 Å². The zero-order chi connectivity index (χ0) is 13.7. The molecule has 0 unspecified atom stereocenters. The molecule has 1 amide bonds. The number of pyridine rings is 1. The predicted molar refractivity (Wildman–Crippen MR) is 68.4 cm³/mol. The van der Waals surface area contributed by atoms with Gasteiger partial charge in [0.05, 0.1) is 5.56 Å². The maximum Gasteiger partial charge on any atom is 0.252 e. The van der Waals surface area contributed by atoms with E-state index >= 15 is 0 Å². The van der Waals surface area contributed by atoms with Crippen LogP contribution in [-0.2, 0) is 6.42 Å². The van der Waals surface area contributed by atoms with Crippen LogP contribution in [-0.4, -0.2) is 17.4 Å². The Hall–Kier alpha value is -2.61. The maximum atomic E-state index is 11.8. The SMILES string of the molecule is Cc1ccc(CCNC(=O)c2ccc(C#N)nc2)o1. The Morgan fingerprint density at radius 2 is 2.26 bits per heavy atom. The molecule has 0 spiro atoms. The molecule has 5 nitrogen and oxygen atoms in total. The van der Waals surface area contributed by atoms with Crippen molar-refractivity contribution in [2.45, 2.75) is 13.3 Å². The minimum atomic E-state index is -0.208. The van der Waals surface area contributed by atoms with E-state index in [9.17, 15) is 4.79 Å². The number of aryl methyl sites for hydroxylation is 1. The van der Waals surface area contributed by atoms with Crippen LogP contribution in [0.5, 0.6) is 0 Å². The first-order valence-electron chi connectivity index (χ1n) is 5.88. The summed E-state index contributed by atoms with van der Waals surface area (Å²) < 4.78 is 5.40. The lowest BCUT2D eigenvalue weighted by Gasteiger charge is -2.03. The Morgan fingerprint density at radius 1 is 1.42 bits per heavy atom. The molecule has 0 saturated carbocycles. The van der Waals surface area contributed by atoms with Crippen LogP contribution >= 0.6 is 0 Å². The lowest BCUT2D eigenvalue weighted by Crippen LogP contribution is -2.25. The van der Waals surface area contributed by atoms with Crippen LogP contribution in [0.1, 0.15) is 27.6 Å². The van der Waals surface area contributed by atoms with Gasteiger partial charge in [0, 0.05) is 19.2 Å². The molecule has 0 atom stereocenters. The predicted octanol–water partition coefficient (Wildman–Crippen LogP) is 1.83. The number of hydrogen-bond donors (Lipinski definition) is 1. The van der Waals surface area contributed by atoms with E-state index in [-0.39, 0.29) is 5.91 Å². The highest BCUT2D eigenvalue weighted by Gasteiger charge is 2.06. The van der Waals surface area contributed by atoms with Crippen LogP contribution in [0.4, 0.5) is 0 Å². The smallest absolute Gasteiger partial charge is 0.252 e. The molecule has 96 valence electrons. The number of carbonyl (C=O) groups is 1. The monoisotopic (exact) mass is 255 g/mol. The molecule has 1 N–H and O–H groups in total. The molecule has 2 rings (SSSR count). The van der Waals surface area contributed by atoms with Crippen molar-refractivity contribution in [2.75, 3.05) is 6.54 Å². The van der Waals surface area contributed by atoms with Crippen molar-refractivity contribution in [2.24, 2.45) is 0 Å². The van der Waals surface area contributed by atoms with Gasteiger partial charge in [-0.25, -0.2) is 4.98 Å². The van der Waals surface area contributed by atoms with Gasteiger partial charge < -0.3 is 9.73 Å². The lowest BCUT2D eigenvalue weighted by atomic mass is 10.2. The van der Waals surface area contributed by atoms with Gasteiger partial charge in [-0.15, -0.1) is 0 Å². The quantitative estimate of drug-likeness (QED) is 0.903. The number of nitrogens with zero attached hydrogens (tertiary/aromatic N) is 2. The van der Waals surface area contributed by atoms with E-state index in [1.165, 1.54) is 12.3 Å². The van der Waals surface area contributed by atoms with Crippen LogP contribution in [0, 0.1) is 18.3 Å². The van der Waals surface area contributed by atoms with E-state index in [0.717, 1.165) is 11.5 Å². The molecule has 0 aliphatic heterocycles. The molecule has 0 aliphatic rings. The summed E-state index contributed by atoms with van der Waals surface area (Å²) in [6, 6.07) is 8.79. The average Bonchev–Trinajstić information content (AvgIpc) is 2.84. The average molecular weight is 255 g/mol. The molecule has 19 heavy (non-hydrogen) atoms. The van der Waals surface area contributed by atoms with Crippen molar-refractivity contribution in [1.82, 2.24) is 10.3 Å². The molecule has 0 aliphatic carbocycles. The Labute approximate surface area is 110 Å². The summed E-state index contributed by atoms with van der Waals surface area (Å²) in [4.78, 5) is 15.6. The number of aromatic nitrogens is 1. The number of carbonyl (C=O) groups excluding carboxylic acids is 1. The number of nitriles is 1. The topological polar surface area (TPSA) is 78.9 Å². The fourth-order valence-corrected chi connectivity index (χ4v) is 1.62. The van der Waals surface area contributed by atoms with Crippen LogP contribution < -0.4 is 5.32 Å². The minimum absolute atomic E-state index is 0.208. The summed E-state index contributed by atoms with van der Waals surface area (Å²) in [5.74, 6) is 1.49. The van der Waals surface area contributed by atoms with Gasteiger partial charge in [-0.1, -0.05) is 0 Å². The molecule has 2 aromatic rings. The Balaban J connectivity index is 1.85. The standard InChI is InChI=1S/C14H13N3O2/c1-10-2-5-13(19-10)6-7-16-14(18)11-3-4-12(8-15)17-9-11/h2-5,9H,6-7H2,1H3,(H,16,18). The number of amides is 1. The molecule has 2 aromatic heterocycles. The van der Waals surface area contributed by atoms with Crippen molar-refractivity contribution in [1.29, 1.82) is 5.26 Å². The van der Waals surface area contributed by atoms with E-state index < -0.39 is 0 Å². The minimum Gasteiger partial charge on any atom is -0.466 e. The van der Waals surface area contributed by atoms with E-state index in [4.69, 9.17) is 9.68 Å². The van der Waals surface area contributed by atoms with Gasteiger partial charge in [0.1, 0.15) is 23.3 Å². The third-order valence-electron chi connectivity index (χ3n) is 2.59. The van der Waals surface area contributed by atoms with Crippen molar-refractivity contribution in [3.63, 3.8) is 0 Å². The fourth-order valence-electron chi connectivity index (χ4n) is 1.62. The molecule has 0 radical (unpaired) electrons. The normalized spacial score (nSPS) is 9.89. The molecular weight excluding hydrogens is 242 g/mol. The zero-order valence-electron chi connectivity index (χ0n) is 10.5. The first-order valence-corrected chi connectivity index (χ1v) is 5.88. The second kappa shape index (κ2) is 5.83. The molecule has 0 bridgehead atoms. The number of hydrogen-bond acceptors (Lipinski definition) is 4. The third kappa shape index (κ3) is 3.42. The highest BCUT2D eigenvalue weighted by atomic mass is 16.3. The van der Waals surface area contributed by atoms with Gasteiger partial charge in [0.2, 0.25) is 0 Å². The molecule has 5 heteroatoms. The summed E-state index contributed by atoms with van der Waals surface area (Å²) in [6.45, 7) is 2.37. The summed E-state index contributed by atoms with van der Waals surface area (Å²) >= 11 is 0. The van der Waals surface area contributed by atoms with Crippen LogP contribution in [0.15, 0.2) is 34.9 Å². The van der Waals surface area contributed by atoms with Crippen molar-refractivity contribution in [3.8, 4) is 6.07 Å². The molecule has 0 saturated heterocycles. The molecule has 0 aromatic carbocycles. The summed E-state index contributed by atoms with van der Waals surface area (Å²) in [5, 5.41) is 11.4. The summed E-state index contributed by atoms with van der Waals surface area (Å²) in [6.07, 6.45) is 2.04. The maximum absolute atomic E-state index is 11.8. The van der Waals surface area contributed by atoms with E-state index in [1.54, 1.807) is 6.07 Å². The second-order valence-corrected chi connectivity index (χ2v) is 4.06. The van der Waals surface area contributed by atoms with Gasteiger partial charge in [0.25, 0.3) is 5.91 Å². The van der Waals surface area contributed by atoms with Crippen molar-refractivity contribution in [3.05, 3.63) is 53.2 Å². The molecule has 0 fully saturated rings. The van der Waals surface area contributed by atoms with Gasteiger partial charge in [-0.3, -0.25) is 4.79 Å². The lowest BCUT2D eigenvalue weighted by molar-refractivity contribution is 0.0953. The largest absolute Gasteiger partial charge is 0.466 e. The van der Waals surface area contributed by atoms with Gasteiger partial charge in [-0.05, 0) is 31.2 Å². The summed E-state index contributed by atoms with van der Waals surface area (Å²) in [7, 11) is 0. The van der Waals surface area contributed by atoms with Crippen molar-refractivity contribution < 1.29 is 9.21 Å². The van der Waals surface area contributed by atoms with Crippen LogP contribution in [0.3, 0.4) is 0 Å². The van der Waals surface area contributed by atoms with Gasteiger partial charge in [-0.2, -0.15) is 5.26 Å². The van der Waals surface area contributed by atoms with E-state index in [0.29, 0.717) is 24.2 Å². The Bertz CT molecular complexity index is 608. The van der Waals surface area contributed by atoms with Gasteiger partial charge >= 0.3 is 0 Å². The Morgan fingerprint density at radius 3 is 2.84 bits per heavy atom. The fraction of sp³-hybridized carbons (Fsp3) is 0.214. The highest BCUT2D eigenvalue weighted by molar-refractivity contribution is 5.93. The second-order valence-electron chi connectivity index (χ2n) is 4.06. The molecular formula is C14H13N3O2. The van der Waals surface area contributed by atoms with E-state index in [2.05, 4.69) is 10.3 Å². The number of nitrogens with one attached hydrogen (secondary N) is 1. The first-order chi connectivity index (χ1) is 9.19. The summed E-state index contributed by atoms with van der Waals surface area (Å²) in [5.41, 5.74) is 0.734. The number of furan rings is 1. The van der Waals surface area contributed by atoms with E-state index in [1.807, 2.05) is 25.1 Å². The third-order valence-corrected chi connectivity index (χ3v) is 2.59. The van der Waals surface area contributed by atoms with Crippen molar-refractivity contribution >= 4 is 5.91 Å². The van der Waals surface area contributed by atoms with Crippen LogP contribution in [0.25, 0.3) is 0 Å². The number of rotatable bonds is 4.